The fourth-order valence-corrected chi connectivity index (χ4v) is 15.5. The molecule has 0 aliphatic carbocycles. The Morgan fingerprint density at radius 2 is 0.933 bits per heavy atom. The summed E-state index contributed by atoms with van der Waals surface area (Å²) < 4.78 is 43.9. The van der Waals surface area contributed by atoms with Crippen LogP contribution in [0.5, 0.6) is 0 Å². The first kappa shape index (κ1) is 15.5. The van der Waals surface area contributed by atoms with E-state index in [2.05, 4.69) is 0 Å². The standard InChI is InChI=1S/C6H18O6P2Si/c1-9-13(7,10-2)15(5,6)14(8,11-3)12-4/h1-6H3. The Bertz CT molecular complexity index is 260. The van der Waals surface area contributed by atoms with Crippen LogP contribution in [0, 0.1) is 0 Å². The van der Waals surface area contributed by atoms with Crippen molar-refractivity contribution in [1.82, 2.24) is 0 Å². The molecule has 0 aromatic heterocycles. The highest BCUT2D eigenvalue weighted by atomic mass is 31.7. The zero-order chi connectivity index (χ0) is 12.3. The van der Waals surface area contributed by atoms with E-state index in [1.165, 1.54) is 28.4 Å². The molecule has 0 fully saturated rings. The molecule has 0 aromatic carbocycles. The molecule has 0 saturated heterocycles. The molecular weight excluding hydrogens is 258 g/mol. The van der Waals surface area contributed by atoms with Crippen LogP contribution in [0.1, 0.15) is 0 Å². The van der Waals surface area contributed by atoms with Crippen LogP contribution in [0.3, 0.4) is 0 Å². The van der Waals surface area contributed by atoms with E-state index in [0.717, 1.165) is 0 Å². The summed E-state index contributed by atoms with van der Waals surface area (Å²) in [5.74, 6) is 0. The van der Waals surface area contributed by atoms with E-state index in [1.807, 2.05) is 0 Å². The first-order valence-corrected chi connectivity index (χ1v) is 11.9. The van der Waals surface area contributed by atoms with Crippen molar-refractivity contribution in [3.8, 4) is 0 Å². The van der Waals surface area contributed by atoms with Gasteiger partial charge in [-0.1, -0.05) is 0 Å². The first-order valence-electron chi connectivity index (χ1n) is 4.18. The smallest absolute Gasteiger partial charge is 0.316 e. The predicted octanol–water partition coefficient (Wildman–Crippen LogP) is 2.66. The Kier molecular flexibility index (Phi) is 5.41. The lowest BCUT2D eigenvalue weighted by atomic mass is 11.8. The summed E-state index contributed by atoms with van der Waals surface area (Å²) >= 11 is 0. The maximum atomic E-state index is 12.2. The Hall–Kier alpha value is 0.517. The summed E-state index contributed by atoms with van der Waals surface area (Å²) in [7, 11) is -4.78. The maximum absolute atomic E-state index is 12.2. The zero-order valence-electron chi connectivity index (χ0n) is 9.84. The monoisotopic (exact) mass is 276 g/mol. The number of hydrogen-bond donors (Lipinski definition) is 0. The third-order valence-electron chi connectivity index (χ3n) is 2.30. The molecule has 0 bridgehead atoms. The van der Waals surface area contributed by atoms with Crippen molar-refractivity contribution in [2.24, 2.45) is 0 Å². The average molecular weight is 276 g/mol. The van der Waals surface area contributed by atoms with Crippen LogP contribution in [-0.2, 0) is 27.2 Å². The average Bonchev–Trinajstić information content (AvgIpc) is 2.26. The van der Waals surface area contributed by atoms with Gasteiger partial charge >= 0.3 is 21.7 Å². The summed E-state index contributed by atoms with van der Waals surface area (Å²) in [6, 6.07) is 0. The molecule has 6 nitrogen and oxygen atoms in total. The molecule has 0 radical (unpaired) electrons. The Morgan fingerprint density at radius 3 is 1.07 bits per heavy atom. The zero-order valence-corrected chi connectivity index (χ0v) is 12.6. The van der Waals surface area contributed by atoms with Gasteiger partial charge in [0.15, 0.2) is 0 Å². The Labute approximate surface area is 91.0 Å². The van der Waals surface area contributed by atoms with Gasteiger partial charge in [0.2, 0.25) is 0 Å². The molecular formula is C6H18O6P2Si. The van der Waals surface area contributed by atoms with Gasteiger partial charge in [-0.2, -0.15) is 0 Å². The van der Waals surface area contributed by atoms with Crippen molar-refractivity contribution in [2.75, 3.05) is 28.4 Å². The fraction of sp³-hybridized carbons (Fsp3) is 1.00. The molecule has 0 rings (SSSR count). The molecule has 0 amide bonds. The quantitative estimate of drug-likeness (QED) is 0.548. The molecule has 0 atom stereocenters. The van der Waals surface area contributed by atoms with E-state index >= 15 is 0 Å². The minimum atomic E-state index is -3.41. The highest BCUT2D eigenvalue weighted by Gasteiger charge is 2.60. The molecule has 0 aliphatic heterocycles. The van der Waals surface area contributed by atoms with Crippen LogP contribution in [-0.4, -0.2) is 35.8 Å². The lowest BCUT2D eigenvalue weighted by Gasteiger charge is -2.32. The summed E-state index contributed by atoms with van der Waals surface area (Å²) in [5, 5.41) is 0. The van der Waals surface area contributed by atoms with Crippen molar-refractivity contribution < 1.29 is 27.2 Å². The molecule has 0 heterocycles. The molecule has 0 saturated carbocycles. The van der Waals surface area contributed by atoms with Gasteiger partial charge in [-0.15, -0.1) is 0 Å². The van der Waals surface area contributed by atoms with E-state index in [1.54, 1.807) is 13.1 Å². The molecule has 92 valence electrons. The van der Waals surface area contributed by atoms with Gasteiger partial charge in [0, 0.05) is 28.4 Å². The lowest BCUT2D eigenvalue weighted by Crippen LogP contribution is -2.30. The first-order chi connectivity index (χ1) is 6.74. The van der Waals surface area contributed by atoms with E-state index in [-0.39, 0.29) is 0 Å². The lowest BCUT2D eigenvalue weighted by molar-refractivity contribution is 0.281. The van der Waals surface area contributed by atoms with Gasteiger partial charge < -0.3 is 18.1 Å². The van der Waals surface area contributed by atoms with Gasteiger partial charge in [0.25, 0.3) is 0 Å². The highest BCUT2D eigenvalue weighted by Crippen LogP contribution is 2.73. The van der Waals surface area contributed by atoms with Crippen molar-refractivity contribution >= 4 is 21.7 Å². The Balaban J connectivity index is 5.47. The van der Waals surface area contributed by atoms with Gasteiger partial charge in [0.1, 0.15) is 0 Å². The summed E-state index contributed by atoms with van der Waals surface area (Å²) in [4.78, 5) is 0. The third-order valence-corrected chi connectivity index (χ3v) is 21.5. The minimum Gasteiger partial charge on any atom is -0.316 e. The molecule has 9 heteroatoms. The topological polar surface area (TPSA) is 71.1 Å². The second-order valence-corrected chi connectivity index (χ2v) is 20.7. The van der Waals surface area contributed by atoms with Crippen molar-refractivity contribution in [3.05, 3.63) is 0 Å². The molecule has 0 aliphatic rings. The largest absolute Gasteiger partial charge is 0.321 e. The normalized spacial score (nSPS) is 14.3. The van der Waals surface area contributed by atoms with E-state index in [9.17, 15) is 9.13 Å². The van der Waals surface area contributed by atoms with Crippen molar-refractivity contribution in [2.45, 2.75) is 13.1 Å². The number of rotatable bonds is 6. The second kappa shape index (κ2) is 5.23. The van der Waals surface area contributed by atoms with Gasteiger partial charge in [-0.05, 0) is 13.1 Å². The van der Waals surface area contributed by atoms with Crippen molar-refractivity contribution in [1.29, 1.82) is 0 Å². The highest BCUT2D eigenvalue weighted by molar-refractivity contribution is 8.23. The third kappa shape index (κ3) is 2.44. The van der Waals surface area contributed by atoms with Crippen LogP contribution in [0.15, 0.2) is 0 Å². The number of hydrogen-bond acceptors (Lipinski definition) is 6. The molecule has 0 N–H and O–H groups in total. The van der Waals surface area contributed by atoms with E-state index in [4.69, 9.17) is 18.1 Å². The molecule has 0 aromatic rings. The summed E-state index contributed by atoms with van der Waals surface area (Å²) in [6.07, 6.45) is 0. The van der Waals surface area contributed by atoms with Gasteiger partial charge in [-0.3, -0.25) is 9.13 Å². The van der Waals surface area contributed by atoms with Crippen molar-refractivity contribution in [3.63, 3.8) is 0 Å². The predicted molar refractivity (Wildman–Crippen MR) is 60.7 cm³/mol. The summed E-state index contributed by atoms with van der Waals surface area (Å²) in [5.41, 5.74) is 0. The fourth-order valence-electron chi connectivity index (χ4n) is 1.19. The van der Waals surface area contributed by atoms with Crippen LogP contribution >= 0.6 is 14.3 Å². The molecule has 0 unspecified atom stereocenters. The van der Waals surface area contributed by atoms with E-state index < -0.39 is 21.7 Å². The van der Waals surface area contributed by atoms with Gasteiger partial charge in [0.05, 0.1) is 0 Å². The van der Waals surface area contributed by atoms with Gasteiger partial charge in [-0.25, -0.2) is 0 Å². The summed E-state index contributed by atoms with van der Waals surface area (Å²) in [6.45, 7) is 3.18. The van der Waals surface area contributed by atoms with Crippen LogP contribution in [0.25, 0.3) is 0 Å². The van der Waals surface area contributed by atoms with E-state index in [0.29, 0.717) is 0 Å². The maximum Gasteiger partial charge on any atom is 0.321 e. The second-order valence-electron chi connectivity index (χ2n) is 3.22. The minimum absolute atomic E-state index is 1.26. The van der Waals surface area contributed by atoms with Crippen LogP contribution in [0.2, 0.25) is 13.1 Å². The molecule has 0 spiro atoms. The Morgan fingerprint density at radius 1 is 0.733 bits per heavy atom. The molecule has 15 heavy (non-hydrogen) atoms. The van der Waals surface area contributed by atoms with Crippen LogP contribution < -0.4 is 0 Å². The SMILES string of the molecule is COP(=O)(OC)[Si](C)(C)P(=O)(OC)OC. The van der Waals surface area contributed by atoms with Crippen LogP contribution in [0.4, 0.5) is 0 Å².